The van der Waals surface area contributed by atoms with Crippen molar-refractivity contribution in [2.75, 3.05) is 23.8 Å². The van der Waals surface area contributed by atoms with Crippen molar-refractivity contribution < 1.29 is 14.7 Å². The van der Waals surface area contributed by atoms with E-state index in [9.17, 15) is 4.79 Å². The fraction of sp³-hybridized carbons (Fsp3) is 0.444. The van der Waals surface area contributed by atoms with Gasteiger partial charge >= 0.3 is 5.97 Å². The molecule has 0 spiro atoms. The van der Waals surface area contributed by atoms with Gasteiger partial charge in [0.1, 0.15) is 12.3 Å². The third-order valence-corrected chi connectivity index (χ3v) is 3.26. The van der Waals surface area contributed by atoms with Crippen LogP contribution in [0.2, 0.25) is 0 Å². The van der Waals surface area contributed by atoms with E-state index in [0.717, 1.165) is 17.1 Å². The number of carbonyl (C=O) groups is 1. The molecular weight excluding hydrogens is 262 g/mol. The first-order valence-corrected chi connectivity index (χ1v) is 6.90. The summed E-state index contributed by atoms with van der Waals surface area (Å²) in [6.07, 6.45) is 0. The van der Waals surface area contributed by atoms with Crippen molar-refractivity contribution in [1.82, 2.24) is 4.98 Å². The summed E-state index contributed by atoms with van der Waals surface area (Å²) in [4.78, 5) is 15.4. The molecule has 1 aromatic heterocycles. The van der Waals surface area contributed by atoms with Gasteiger partial charge in [-0.25, -0.2) is 9.78 Å². The van der Waals surface area contributed by atoms with Crippen LogP contribution >= 0.6 is 23.1 Å². The van der Waals surface area contributed by atoms with Crippen LogP contribution in [0.1, 0.15) is 12.6 Å². The molecule has 3 N–H and O–H groups in total. The molecule has 0 atom stereocenters. The van der Waals surface area contributed by atoms with Crippen molar-refractivity contribution in [1.29, 1.82) is 0 Å². The quantitative estimate of drug-likeness (QED) is 0.266. The van der Waals surface area contributed by atoms with E-state index in [4.69, 9.17) is 15.7 Å². The maximum atomic E-state index is 11.5. The Balaban J connectivity index is 2.54. The molecule has 0 saturated heterocycles. The molecular formula is C9H13N3O3S2. The van der Waals surface area contributed by atoms with E-state index in [1.54, 1.807) is 11.8 Å². The molecule has 6 nitrogen and oxygen atoms in total. The molecule has 0 aliphatic carbocycles. The lowest BCUT2D eigenvalue weighted by Gasteiger charge is -2.03. The number of nitrogen functional groups attached to an aromatic ring is 1. The standard InChI is InChI=1S/C9H13N3O3S2/c1-2-16-4-3-15-8(13)7(12-14)6-5-17-9(10)11-6/h5,14H,2-4H2,1H3,(H2,10,11). The van der Waals surface area contributed by atoms with Crippen LogP contribution in [0.4, 0.5) is 5.13 Å². The number of thioether (sulfide) groups is 1. The Morgan fingerprint density at radius 3 is 3.06 bits per heavy atom. The number of hydrogen-bond acceptors (Lipinski definition) is 8. The molecule has 0 aromatic carbocycles. The van der Waals surface area contributed by atoms with Gasteiger partial charge in [0.25, 0.3) is 0 Å². The summed E-state index contributed by atoms with van der Waals surface area (Å²) in [7, 11) is 0. The number of ether oxygens (including phenoxy) is 1. The summed E-state index contributed by atoms with van der Waals surface area (Å²) in [6.45, 7) is 2.29. The van der Waals surface area contributed by atoms with Crippen LogP contribution in [-0.4, -0.2) is 40.0 Å². The number of nitrogens with two attached hydrogens (primary N) is 1. The summed E-state index contributed by atoms with van der Waals surface area (Å²) in [5.74, 6) is 0.968. The lowest BCUT2D eigenvalue weighted by atomic mass is 10.3. The van der Waals surface area contributed by atoms with Crippen molar-refractivity contribution in [3.8, 4) is 0 Å². The van der Waals surface area contributed by atoms with Gasteiger partial charge in [-0.1, -0.05) is 12.1 Å². The highest BCUT2D eigenvalue weighted by Crippen LogP contribution is 2.12. The number of anilines is 1. The van der Waals surface area contributed by atoms with Gasteiger partial charge in [-0.05, 0) is 5.75 Å². The number of thiazole rings is 1. The van der Waals surface area contributed by atoms with Gasteiger partial charge in [-0.15, -0.1) is 11.3 Å². The molecule has 0 fully saturated rings. The van der Waals surface area contributed by atoms with Crippen molar-refractivity contribution in [3.05, 3.63) is 11.1 Å². The fourth-order valence-corrected chi connectivity index (χ4v) is 2.04. The maximum Gasteiger partial charge on any atom is 0.362 e. The summed E-state index contributed by atoms with van der Waals surface area (Å²) < 4.78 is 4.93. The fourth-order valence-electron chi connectivity index (χ4n) is 0.999. The smallest absolute Gasteiger partial charge is 0.362 e. The topological polar surface area (TPSA) is 97.8 Å². The predicted molar refractivity (Wildman–Crippen MR) is 68.8 cm³/mol. The van der Waals surface area contributed by atoms with Gasteiger partial charge in [-0.3, -0.25) is 0 Å². The predicted octanol–water partition coefficient (Wildman–Crippen LogP) is 1.20. The third-order valence-electron chi connectivity index (χ3n) is 1.72. The molecule has 0 saturated carbocycles. The SMILES string of the molecule is CCSCCOC(=O)C(=NO)c1csc(N)n1. The van der Waals surface area contributed by atoms with Gasteiger partial charge in [0, 0.05) is 11.1 Å². The number of rotatable bonds is 6. The number of nitrogens with zero attached hydrogens (tertiary/aromatic N) is 2. The van der Waals surface area contributed by atoms with E-state index in [1.807, 2.05) is 6.92 Å². The first-order chi connectivity index (χ1) is 8.19. The number of esters is 1. The van der Waals surface area contributed by atoms with E-state index < -0.39 is 5.97 Å². The molecule has 94 valence electrons. The number of hydrogen-bond donors (Lipinski definition) is 2. The summed E-state index contributed by atoms with van der Waals surface area (Å²) in [6, 6.07) is 0. The third kappa shape index (κ3) is 4.23. The van der Waals surface area contributed by atoms with Crippen LogP contribution in [0.5, 0.6) is 0 Å². The van der Waals surface area contributed by atoms with E-state index in [-0.39, 0.29) is 18.0 Å². The number of aromatic nitrogens is 1. The van der Waals surface area contributed by atoms with E-state index in [2.05, 4.69) is 10.1 Å². The second-order valence-corrected chi connectivity index (χ2v) is 5.14. The minimum atomic E-state index is -0.700. The van der Waals surface area contributed by atoms with Crippen LogP contribution in [0.25, 0.3) is 0 Å². The largest absolute Gasteiger partial charge is 0.460 e. The van der Waals surface area contributed by atoms with Gasteiger partial charge in [0.2, 0.25) is 5.71 Å². The van der Waals surface area contributed by atoms with E-state index in [0.29, 0.717) is 10.9 Å². The lowest BCUT2D eigenvalue weighted by molar-refractivity contribution is -0.135. The van der Waals surface area contributed by atoms with Gasteiger partial charge in [0.15, 0.2) is 5.13 Å². The summed E-state index contributed by atoms with van der Waals surface area (Å²) >= 11 is 2.82. The minimum absolute atomic E-state index is 0.223. The average Bonchev–Trinajstić information content (AvgIpc) is 2.72. The highest BCUT2D eigenvalue weighted by atomic mass is 32.2. The van der Waals surface area contributed by atoms with Crippen LogP contribution in [0.15, 0.2) is 10.5 Å². The van der Waals surface area contributed by atoms with Crippen LogP contribution in [0.3, 0.4) is 0 Å². The van der Waals surface area contributed by atoms with E-state index >= 15 is 0 Å². The molecule has 1 aromatic rings. The molecule has 0 aliphatic heterocycles. The molecule has 0 aliphatic rings. The summed E-state index contributed by atoms with van der Waals surface area (Å²) in [5, 5.41) is 13.5. The van der Waals surface area contributed by atoms with Gasteiger partial charge < -0.3 is 15.7 Å². The highest BCUT2D eigenvalue weighted by Gasteiger charge is 2.19. The Bertz CT molecular complexity index is 406. The minimum Gasteiger partial charge on any atom is -0.460 e. The zero-order valence-corrected chi connectivity index (χ0v) is 10.9. The van der Waals surface area contributed by atoms with Crippen LogP contribution < -0.4 is 5.73 Å². The van der Waals surface area contributed by atoms with Crippen LogP contribution in [-0.2, 0) is 9.53 Å². The van der Waals surface area contributed by atoms with Gasteiger partial charge in [-0.2, -0.15) is 11.8 Å². The Morgan fingerprint density at radius 1 is 1.76 bits per heavy atom. The van der Waals surface area contributed by atoms with Crippen molar-refractivity contribution in [2.45, 2.75) is 6.92 Å². The molecule has 1 rings (SSSR count). The molecule has 0 amide bonds. The maximum absolute atomic E-state index is 11.5. The lowest BCUT2D eigenvalue weighted by Crippen LogP contribution is -2.20. The van der Waals surface area contributed by atoms with Crippen molar-refractivity contribution >= 4 is 39.9 Å². The Morgan fingerprint density at radius 2 is 2.53 bits per heavy atom. The normalized spacial score (nSPS) is 11.5. The molecule has 0 radical (unpaired) electrons. The number of carbonyl (C=O) groups excluding carboxylic acids is 1. The molecule has 8 heteroatoms. The van der Waals surface area contributed by atoms with E-state index in [1.165, 1.54) is 5.38 Å². The zero-order chi connectivity index (χ0) is 12.7. The monoisotopic (exact) mass is 275 g/mol. The first kappa shape index (κ1) is 13.8. The van der Waals surface area contributed by atoms with Crippen molar-refractivity contribution in [2.24, 2.45) is 5.16 Å². The highest BCUT2D eigenvalue weighted by molar-refractivity contribution is 7.99. The van der Waals surface area contributed by atoms with Crippen molar-refractivity contribution in [3.63, 3.8) is 0 Å². The van der Waals surface area contributed by atoms with Crippen LogP contribution in [0, 0.1) is 0 Å². The Labute approximate surface area is 107 Å². The van der Waals surface area contributed by atoms with Gasteiger partial charge in [0.05, 0.1) is 0 Å². The zero-order valence-electron chi connectivity index (χ0n) is 9.25. The molecule has 0 unspecified atom stereocenters. The second kappa shape index (κ2) is 7.13. The average molecular weight is 275 g/mol. The first-order valence-electron chi connectivity index (χ1n) is 4.87. The molecule has 1 heterocycles. The molecule has 0 bridgehead atoms. The Kier molecular flexibility index (Phi) is 5.78. The second-order valence-electron chi connectivity index (χ2n) is 2.85. The Hall–Kier alpha value is -1.28. The number of oxime groups is 1. The molecule has 17 heavy (non-hydrogen) atoms. The summed E-state index contributed by atoms with van der Waals surface area (Å²) in [5.41, 5.74) is 5.43.